The maximum absolute atomic E-state index is 13.5. The molecule has 116 valence electrons. The van der Waals surface area contributed by atoms with Crippen LogP contribution in [0.2, 0.25) is 0 Å². The van der Waals surface area contributed by atoms with Gasteiger partial charge >= 0.3 is 0 Å². The lowest BCUT2D eigenvalue weighted by molar-refractivity contribution is 0.623. The summed E-state index contributed by atoms with van der Waals surface area (Å²) < 4.78 is 15.4. The molecule has 23 heavy (non-hydrogen) atoms. The van der Waals surface area contributed by atoms with Gasteiger partial charge in [-0.15, -0.1) is 15.3 Å². The lowest BCUT2D eigenvalue weighted by atomic mass is 10.1. The van der Waals surface area contributed by atoms with Crippen molar-refractivity contribution in [1.82, 2.24) is 19.8 Å². The molecule has 1 aromatic carbocycles. The Kier molecular flexibility index (Phi) is 2.68. The molecule has 1 saturated carbocycles. The summed E-state index contributed by atoms with van der Waals surface area (Å²) in [5.74, 6) is 2.03. The van der Waals surface area contributed by atoms with E-state index in [0.29, 0.717) is 5.92 Å². The van der Waals surface area contributed by atoms with Gasteiger partial charge in [0.25, 0.3) is 0 Å². The number of anilines is 1. The van der Waals surface area contributed by atoms with Crippen molar-refractivity contribution in [2.75, 3.05) is 5.32 Å². The third-order valence-corrected chi connectivity index (χ3v) is 4.74. The zero-order valence-electron chi connectivity index (χ0n) is 12.5. The topological polar surface area (TPSA) is 55.1 Å². The first-order valence-electron chi connectivity index (χ1n) is 8.05. The molecule has 0 saturated heterocycles. The highest BCUT2D eigenvalue weighted by atomic mass is 19.1. The average molecular weight is 309 g/mol. The largest absolute Gasteiger partial charge is 0.362 e. The smallest absolute Gasteiger partial charge is 0.178 e. The third kappa shape index (κ3) is 2.17. The highest BCUT2D eigenvalue weighted by Gasteiger charge is 2.29. The second-order valence-electron chi connectivity index (χ2n) is 6.40. The van der Waals surface area contributed by atoms with Gasteiger partial charge in [0.1, 0.15) is 11.6 Å². The van der Waals surface area contributed by atoms with Crippen molar-refractivity contribution < 1.29 is 4.39 Å². The number of hydrogen-bond acceptors (Lipinski definition) is 4. The maximum Gasteiger partial charge on any atom is 0.178 e. The van der Waals surface area contributed by atoms with E-state index < -0.39 is 0 Å². The van der Waals surface area contributed by atoms with E-state index in [1.165, 1.54) is 11.6 Å². The Balaban J connectivity index is 1.48. The molecule has 1 atom stereocenters. The highest BCUT2D eigenvalue weighted by molar-refractivity contribution is 5.47. The van der Waals surface area contributed by atoms with Gasteiger partial charge in [0.15, 0.2) is 11.5 Å². The van der Waals surface area contributed by atoms with Crippen molar-refractivity contribution in [2.24, 2.45) is 0 Å². The third-order valence-electron chi connectivity index (χ3n) is 4.74. The Bertz CT molecular complexity index is 899. The molecule has 2 aliphatic rings. The predicted molar refractivity (Wildman–Crippen MR) is 83.8 cm³/mol. The van der Waals surface area contributed by atoms with E-state index in [-0.39, 0.29) is 11.9 Å². The van der Waals surface area contributed by atoms with Crippen molar-refractivity contribution >= 4 is 11.5 Å². The fourth-order valence-electron chi connectivity index (χ4n) is 3.38. The number of rotatable bonds is 3. The Morgan fingerprint density at radius 3 is 2.87 bits per heavy atom. The van der Waals surface area contributed by atoms with Crippen LogP contribution in [0.15, 0.2) is 30.3 Å². The van der Waals surface area contributed by atoms with Crippen LogP contribution in [-0.2, 0) is 6.42 Å². The first-order valence-corrected chi connectivity index (χ1v) is 8.05. The van der Waals surface area contributed by atoms with E-state index in [1.807, 2.05) is 22.7 Å². The van der Waals surface area contributed by atoms with Gasteiger partial charge in [-0.1, -0.05) is 6.07 Å². The second kappa shape index (κ2) is 4.75. The average Bonchev–Trinajstić information content (AvgIpc) is 3.20. The SMILES string of the molecule is Fc1ccc2c(c1)C(Nc1ccc3nnc(C4CC4)n3n1)CC2. The predicted octanol–water partition coefficient (Wildman–Crippen LogP) is 3.24. The molecule has 3 aromatic rings. The van der Waals surface area contributed by atoms with Crippen LogP contribution in [-0.4, -0.2) is 19.8 Å². The Labute approximate surface area is 132 Å². The summed E-state index contributed by atoms with van der Waals surface area (Å²) in [6.07, 6.45) is 4.25. The van der Waals surface area contributed by atoms with Crippen LogP contribution in [0.25, 0.3) is 5.65 Å². The van der Waals surface area contributed by atoms with E-state index in [2.05, 4.69) is 20.6 Å². The molecule has 5 nitrogen and oxygen atoms in total. The van der Waals surface area contributed by atoms with Crippen molar-refractivity contribution in [3.05, 3.63) is 53.1 Å². The van der Waals surface area contributed by atoms with E-state index in [4.69, 9.17) is 0 Å². The maximum atomic E-state index is 13.5. The van der Waals surface area contributed by atoms with Gasteiger partial charge in [-0.3, -0.25) is 0 Å². The molecule has 1 N–H and O–H groups in total. The number of nitrogens with one attached hydrogen (secondary N) is 1. The molecule has 0 spiro atoms. The van der Waals surface area contributed by atoms with Crippen LogP contribution >= 0.6 is 0 Å². The molecule has 6 heteroatoms. The van der Waals surface area contributed by atoms with Gasteiger partial charge < -0.3 is 5.32 Å². The molecule has 0 bridgehead atoms. The molecule has 2 heterocycles. The van der Waals surface area contributed by atoms with Crippen molar-refractivity contribution in [1.29, 1.82) is 0 Å². The quantitative estimate of drug-likeness (QED) is 0.807. The summed E-state index contributed by atoms with van der Waals surface area (Å²) in [6.45, 7) is 0. The van der Waals surface area contributed by atoms with E-state index in [9.17, 15) is 4.39 Å². The molecule has 0 radical (unpaired) electrons. The first kappa shape index (κ1) is 13.0. The molecule has 5 rings (SSSR count). The fourth-order valence-corrected chi connectivity index (χ4v) is 3.38. The minimum atomic E-state index is -0.185. The number of nitrogens with zero attached hydrogens (tertiary/aromatic N) is 4. The van der Waals surface area contributed by atoms with E-state index in [0.717, 1.165) is 48.5 Å². The molecule has 1 unspecified atom stereocenters. The lowest BCUT2D eigenvalue weighted by Gasteiger charge is -2.15. The van der Waals surface area contributed by atoms with Crippen molar-refractivity contribution in [3.63, 3.8) is 0 Å². The van der Waals surface area contributed by atoms with Gasteiger partial charge in [-0.25, -0.2) is 4.39 Å². The monoisotopic (exact) mass is 309 g/mol. The summed E-state index contributed by atoms with van der Waals surface area (Å²) in [4.78, 5) is 0. The molecule has 0 aliphatic heterocycles. The standard InChI is InChI=1S/C17H16FN5/c18-12-5-3-10-4-6-14(13(10)9-12)19-15-7-8-16-20-21-17(11-1-2-11)23(16)22-15/h3,5,7-9,11,14H,1-2,4,6H2,(H,19,22). The molecule has 2 aliphatic carbocycles. The van der Waals surface area contributed by atoms with Gasteiger partial charge in [0.05, 0.1) is 6.04 Å². The van der Waals surface area contributed by atoms with Crippen LogP contribution in [0.3, 0.4) is 0 Å². The van der Waals surface area contributed by atoms with Gasteiger partial charge in [0, 0.05) is 5.92 Å². The number of halogens is 1. The summed E-state index contributed by atoms with van der Waals surface area (Å²) in [5, 5.41) is 16.5. The summed E-state index contributed by atoms with van der Waals surface area (Å²) in [5.41, 5.74) is 3.03. The minimum Gasteiger partial charge on any atom is -0.362 e. The second-order valence-corrected chi connectivity index (χ2v) is 6.40. The van der Waals surface area contributed by atoms with Crippen molar-refractivity contribution in [2.45, 2.75) is 37.6 Å². The van der Waals surface area contributed by atoms with Gasteiger partial charge in [-0.2, -0.15) is 4.52 Å². The van der Waals surface area contributed by atoms with E-state index >= 15 is 0 Å². The highest BCUT2D eigenvalue weighted by Crippen LogP contribution is 2.39. The summed E-state index contributed by atoms with van der Waals surface area (Å²) in [6, 6.07) is 8.99. The number of fused-ring (bicyclic) bond motifs is 2. The van der Waals surface area contributed by atoms with Gasteiger partial charge in [0.2, 0.25) is 0 Å². The summed E-state index contributed by atoms with van der Waals surface area (Å²) >= 11 is 0. The Morgan fingerprint density at radius 1 is 1.09 bits per heavy atom. The zero-order chi connectivity index (χ0) is 15.4. The molecular weight excluding hydrogens is 293 g/mol. The van der Waals surface area contributed by atoms with Crippen LogP contribution in [0.1, 0.15) is 48.2 Å². The number of aryl methyl sites for hydroxylation is 1. The minimum absolute atomic E-state index is 0.103. The number of aromatic nitrogens is 4. The fraction of sp³-hybridized carbons (Fsp3) is 0.353. The molecule has 1 fully saturated rings. The summed E-state index contributed by atoms with van der Waals surface area (Å²) in [7, 11) is 0. The van der Waals surface area contributed by atoms with Gasteiger partial charge in [-0.05, 0) is 61.1 Å². The molecule has 2 aromatic heterocycles. The number of hydrogen-bond donors (Lipinski definition) is 1. The Hall–Kier alpha value is -2.50. The van der Waals surface area contributed by atoms with Crippen LogP contribution in [0.5, 0.6) is 0 Å². The first-order chi connectivity index (χ1) is 11.3. The van der Waals surface area contributed by atoms with Crippen LogP contribution < -0.4 is 5.32 Å². The Morgan fingerprint density at radius 2 is 2.00 bits per heavy atom. The zero-order valence-corrected chi connectivity index (χ0v) is 12.5. The molecular formula is C17H16FN5. The molecule has 0 amide bonds. The van der Waals surface area contributed by atoms with Crippen molar-refractivity contribution in [3.8, 4) is 0 Å². The van der Waals surface area contributed by atoms with Crippen LogP contribution in [0.4, 0.5) is 10.2 Å². The number of benzene rings is 1. The lowest BCUT2D eigenvalue weighted by Crippen LogP contribution is -2.10. The van der Waals surface area contributed by atoms with E-state index in [1.54, 1.807) is 6.07 Å². The normalized spacial score (nSPS) is 20.0. The van der Waals surface area contributed by atoms with Crippen LogP contribution in [0, 0.1) is 5.82 Å².